The van der Waals surface area contributed by atoms with E-state index in [0.717, 1.165) is 24.6 Å². The van der Waals surface area contributed by atoms with Crippen molar-refractivity contribution >= 4 is 17.9 Å². The minimum Gasteiger partial charge on any atom is -0.396 e. The first kappa shape index (κ1) is 18.5. The highest BCUT2D eigenvalue weighted by atomic mass is 16.3. The number of imide groups is 1. The van der Waals surface area contributed by atoms with Crippen LogP contribution in [0.25, 0.3) is 0 Å². The molecule has 1 aromatic rings. The molecule has 8 heteroatoms. The summed E-state index contributed by atoms with van der Waals surface area (Å²) < 4.78 is 0. The Labute approximate surface area is 164 Å². The van der Waals surface area contributed by atoms with Crippen molar-refractivity contribution in [3.63, 3.8) is 0 Å². The Morgan fingerprint density at radius 1 is 1.11 bits per heavy atom. The summed E-state index contributed by atoms with van der Waals surface area (Å²) in [5, 5.41) is 9.08. The number of carbonyl (C=O) groups is 2. The van der Waals surface area contributed by atoms with Crippen LogP contribution in [-0.4, -0.2) is 81.6 Å². The van der Waals surface area contributed by atoms with Crippen molar-refractivity contribution < 1.29 is 14.7 Å². The number of amides is 3. The molecular formula is C20H25N5O3. The Hall–Kier alpha value is -2.87. The van der Waals surface area contributed by atoms with Crippen molar-refractivity contribution in [2.75, 3.05) is 26.7 Å². The lowest BCUT2D eigenvalue weighted by molar-refractivity contribution is -0.136. The number of hydrogen-bond donors (Lipinski definition) is 1. The van der Waals surface area contributed by atoms with E-state index in [4.69, 9.17) is 10.1 Å². The highest BCUT2D eigenvalue weighted by Gasteiger charge is 2.53. The van der Waals surface area contributed by atoms with Gasteiger partial charge in [0, 0.05) is 38.6 Å². The monoisotopic (exact) mass is 383 g/mol. The molecule has 1 N–H and O–H groups in total. The van der Waals surface area contributed by atoms with Crippen LogP contribution >= 0.6 is 0 Å². The summed E-state index contributed by atoms with van der Waals surface area (Å²) in [5.74, 6) is 0.467. The number of guanidine groups is 1. The van der Waals surface area contributed by atoms with Crippen LogP contribution in [0.4, 0.5) is 4.79 Å². The molecule has 8 nitrogen and oxygen atoms in total. The van der Waals surface area contributed by atoms with E-state index >= 15 is 0 Å². The summed E-state index contributed by atoms with van der Waals surface area (Å²) in [7, 11) is 1.68. The Balaban J connectivity index is 1.55. The minimum atomic E-state index is -0.548. The highest BCUT2D eigenvalue weighted by molar-refractivity contribution is 6.04. The van der Waals surface area contributed by atoms with E-state index in [9.17, 15) is 9.59 Å². The van der Waals surface area contributed by atoms with Crippen molar-refractivity contribution in [2.24, 2.45) is 4.99 Å². The summed E-state index contributed by atoms with van der Waals surface area (Å²) in [6, 6.07) is 9.33. The van der Waals surface area contributed by atoms with Crippen LogP contribution in [0.15, 0.2) is 47.2 Å². The van der Waals surface area contributed by atoms with Gasteiger partial charge in [-0.3, -0.25) is 9.69 Å². The molecule has 3 heterocycles. The Bertz CT molecular complexity index is 838. The molecule has 1 saturated heterocycles. The topological polar surface area (TPSA) is 79.7 Å². The van der Waals surface area contributed by atoms with Gasteiger partial charge in [-0.25, -0.2) is 9.79 Å². The third-order valence-corrected chi connectivity index (χ3v) is 5.51. The molecule has 0 aromatic heterocycles. The zero-order chi connectivity index (χ0) is 19.8. The van der Waals surface area contributed by atoms with Crippen LogP contribution in [-0.2, 0) is 11.2 Å². The van der Waals surface area contributed by atoms with Gasteiger partial charge in [-0.05, 0) is 25.3 Å². The van der Waals surface area contributed by atoms with Gasteiger partial charge < -0.3 is 19.8 Å². The molecule has 0 bridgehead atoms. The van der Waals surface area contributed by atoms with E-state index in [-0.39, 0.29) is 25.1 Å². The van der Waals surface area contributed by atoms with E-state index in [2.05, 4.69) is 17.0 Å². The van der Waals surface area contributed by atoms with Crippen molar-refractivity contribution in [2.45, 2.75) is 32.0 Å². The molecule has 2 unspecified atom stereocenters. The van der Waals surface area contributed by atoms with Crippen LogP contribution in [0.3, 0.4) is 0 Å². The number of nitrogens with zero attached hydrogens (tertiary/aromatic N) is 5. The van der Waals surface area contributed by atoms with Crippen LogP contribution in [0, 0.1) is 0 Å². The molecular weight excluding hydrogens is 358 g/mol. The van der Waals surface area contributed by atoms with Gasteiger partial charge in [0.1, 0.15) is 0 Å². The van der Waals surface area contributed by atoms with Crippen molar-refractivity contribution in [1.82, 2.24) is 19.6 Å². The Morgan fingerprint density at radius 3 is 2.57 bits per heavy atom. The number of hydrogen-bond acceptors (Lipinski definition) is 6. The van der Waals surface area contributed by atoms with Crippen molar-refractivity contribution in [3.8, 4) is 0 Å². The number of fused-ring (bicyclic) bond motifs is 3. The second-order valence-electron chi connectivity index (χ2n) is 7.31. The first-order chi connectivity index (χ1) is 13.5. The summed E-state index contributed by atoms with van der Waals surface area (Å²) in [4.78, 5) is 37.1. The van der Waals surface area contributed by atoms with Gasteiger partial charge >= 0.3 is 6.03 Å². The van der Waals surface area contributed by atoms with E-state index in [0.29, 0.717) is 6.42 Å². The SMILES string of the molecule is CC1=CN2C(=NC3C2C(=O)N(CCCO)C(=O)N3C)N1CCc1ccccc1. The number of benzene rings is 1. The van der Waals surface area contributed by atoms with Gasteiger partial charge in [0.05, 0.1) is 0 Å². The van der Waals surface area contributed by atoms with Gasteiger partial charge in [-0.15, -0.1) is 0 Å². The predicted molar refractivity (Wildman–Crippen MR) is 104 cm³/mol. The third-order valence-electron chi connectivity index (χ3n) is 5.51. The molecule has 0 radical (unpaired) electrons. The zero-order valence-electron chi connectivity index (χ0n) is 16.2. The lowest BCUT2D eigenvalue weighted by Gasteiger charge is -2.40. The predicted octanol–water partition coefficient (Wildman–Crippen LogP) is 1.05. The molecule has 0 aliphatic carbocycles. The van der Waals surface area contributed by atoms with E-state index < -0.39 is 12.2 Å². The minimum absolute atomic E-state index is 0.0629. The molecule has 3 aliphatic heterocycles. The maximum Gasteiger partial charge on any atom is 0.328 e. The second kappa shape index (κ2) is 7.27. The van der Waals surface area contributed by atoms with Crippen LogP contribution in [0.1, 0.15) is 18.9 Å². The largest absolute Gasteiger partial charge is 0.396 e. The third kappa shape index (κ3) is 2.93. The molecule has 0 saturated carbocycles. The second-order valence-corrected chi connectivity index (χ2v) is 7.31. The average Bonchev–Trinajstić information content (AvgIpc) is 3.20. The van der Waals surface area contributed by atoms with Crippen molar-refractivity contribution in [1.29, 1.82) is 0 Å². The Kier molecular flexibility index (Phi) is 4.80. The quantitative estimate of drug-likeness (QED) is 0.794. The van der Waals surface area contributed by atoms with Crippen LogP contribution < -0.4 is 0 Å². The molecule has 2 atom stereocenters. The van der Waals surface area contributed by atoms with Gasteiger partial charge in [0.15, 0.2) is 12.2 Å². The molecule has 1 aromatic carbocycles. The number of rotatable bonds is 6. The van der Waals surface area contributed by atoms with Crippen molar-refractivity contribution in [3.05, 3.63) is 47.8 Å². The molecule has 148 valence electrons. The average molecular weight is 383 g/mol. The number of aliphatic hydroxyl groups is 1. The van der Waals surface area contributed by atoms with Gasteiger partial charge in [-0.1, -0.05) is 30.3 Å². The zero-order valence-corrected chi connectivity index (χ0v) is 16.2. The first-order valence-electron chi connectivity index (χ1n) is 9.58. The van der Waals surface area contributed by atoms with E-state index in [1.54, 1.807) is 7.05 Å². The Morgan fingerprint density at radius 2 is 1.86 bits per heavy atom. The number of allylic oxidation sites excluding steroid dienone is 1. The molecule has 28 heavy (non-hydrogen) atoms. The number of likely N-dealkylation sites (N-methyl/N-ethyl adjacent to an activating group) is 1. The fourth-order valence-corrected chi connectivity index (χ4v) is 4.00. The number of aliphatic imine (C=N–C) groups is 1. The summed E-state index contributed by atoms with van der Waals surface area (Å²) in [6.07, 6.45) is 2.65. The van der Waals surface area contributed by atoms with E-state index in [1.807, 2.05) is 36.2 Å². The summed E-state index contributed by atoms with van der Waals surface area (Å²) in [5.41, 5.74) is 2.27. The molecule has 4 rings (SSSR count). The maximum atomic E-state index is 13.0. The fraction of sp³-hybridized carbons (Fsp3) is 0.450. The smallest absolute Gasteiger partial charge is 0.328 e. The number of aliphatic hydroxyl groups excluding tert-OH is 1. The molecule has 3 amide bonds. The maximum absolute atomic E-state index is 13.0. The summed E-state index contributed by atoms with van der Waals surface area (Å²) in [6.45, 7) is 2.91. The molecule has 3 aliphatic rings. The summed E-state index contributed by atoms with van der Waals surface area (Å²) >= 11 is 0. The van der Waals surface area contributed by atoms with Gasteiger partial charge in [-0.2, -0.15) is 0 Å². The number of carbonyl (C=O) groups excluding carboxylic acids is 2. The highest BCUT2D eigenvalue weighted by Crippen LogP contribution is 2.34. The van der Waals surface area contributed by atoms with Gasteiger partial charge in [0.2, 0.25) is 5.96 Å². The standard InChI is InChI=1S/C20H25N5O3/c1-14-13-25-16-17(22(2)20(28)24(18(16)27)10-6-12-26)21-19(25)23(14)11-9-15-7-4-3-5-8-15/h3-5,7-8,13,16-17,26H,6,9-12H2,1-2H3. The molecule has 0 spiro atoms. The lowest BCUT2D eigenvalue weighted by Crippen LogP contribution is -2.64. The number of urea groups is 1. The van der Waals surface area contributed by atoms with Crippen LogP contribution in [0.2, 0.25) is 0 Å². The first-order valence-corrected chi connectivity index (χ1v) is 9.58. The van der Waals surface area contributed by atoms with Crippen LogP contribution in [0.5, 0.6) is 0 Å². The van der Waals surface area contributed by atoms with Gasteiger partial charge in [0.25, 0.3) is 5.91 Å². The van der Waals surface area contributed by atoms with E-state index in [1.165, 1.54) is 15.4 Å². The lowest BCUT2D eigenvalue weighted by atomic mass is 10.1. The molecule has 1 fully saturated rings. The fourth-order valence-electron chi connectivity index (χ4n) is 4.00. The normalized spacial score (nSPS) is 23.8.